The molecule has 1 heterocycles. The third-order valence-electron chi connectivity index (χ3n) is 4.39. The van der Waals surface area contributed by atoms with E-state index in [0.717, 1.165) is 11.3 Å². The predicted octanol–water partition coefficient (Wildman–Crippen LogP) is 2.70. The number of nitrogens with one attached hydrogen (secondary N) is 1. The molecule has 1 amide bonds. The molecule has 1 fully saturated rings. The van der Waals surface area contributed by atoms with Crippen molar-refractivity contribution in [2.75, 3.05) is 11.4 Å². The van der Waals surface area contributed by atoms with Crippen molar-refractivity contribution in [3.8, 4) is 0 Å². The second-order valence-corrected chi connectivity index (χ2v) is 8.24. The largest absolute Gasteiger partial charge is 0.311 e. The fourth-order valence-electron chi connectivity index (χ4n) is 3.51. The first-order chi connectivity index (χ1) is 11.8. The number of carbonyl (C=O) groups is 1. The van der Waals surface area contributed by atoms with Crippen LogP contribution in [0.15, 0.2) is 47.4 Å². The fraction of sp³-hybridized carbons (Fsp3) is 0.316. The highest BCUT2D eigenvalue weighted by molar-refractivity contribution is 7.89. The van der Waals surface area contributed by atoms with E-state index in [2.05, 4.69) is 4.72 Å². The summed E-state index contributed by atoms with van der Waals surface area (Å²) in [5, 5.41) is 0. The van der Waals surface area contributed by atoms with Gasteiger partial charge in [-0.1, -0.05) is 35.9 Å². The normalized spacial score (nSPS) is 18.0. The van der Waals surface area contributed by atoms with Crippen LogP contribution in [0.3, 0.4) is 0 Å². The molecule has 0 aromatic heterocycles. The molecule has 132 valence electrons. The van der Waals surface area contributed by atoms with E-state index in [1.807, 2.05) is 49.4 Å². The SMILES string of the molecule is Cc1cc(C)c(S(=O)(=O)N[C@@H]2CC(=O)N(c3ccccc3)C2)c(C)c1. The summed E-state index contributed by atoms with van der Waals surface area (Å²) in [6.07, 6.45) is 0.165. The van der Waals surface area contributed by atoms with Gasteiger partial charge in [0.15, 0.2) is 0 Å². The highest BCUT2D eigenvalue weighted by Gasteiger charge is 2.34. The van der Waals surface area contributed by atoms with Crippen molar-refractivity contribution < 1.29 is 13.2 Å². The molecule has 6 heteroatoms. The van der Waals surface area contributed by atoms with Crippen molar-refractivity contribution in [2.24, 2.45) is 0 Å². The lowest BCUT2D eigenvalue weighted by atomic mass is 10.1. The summed E-state index contributed by atoms with van der Waals surface area (Å²) in [4.78, 5) is 14.2. The van der Waals surface area contributed by atoms with Crippen LogP contribution in [0.4, 0.5) is 5.69 Å². The molecule has 0 aliphatic carbocycles. The quantitative estimate of drug-likeness (QED) is 0.914. The van der Waals surface area contributed by atoms with Gasteiger partial charge in [-0.3, -0.25) is 4.79 Å². The van der Waals surface area contributed by atoms with Crippen molar-refractivity contribution in [3.05, 3.63) is 59.2 Å². The van der Waals surface area contributed by atoms with E-state index in [1.165, 1.54) is 0 Å². The molecule has 0 radical (unpaired) electrons. The maximum absolute atomic E-state index is 12.9. The molecule has 0 spiro atoms. The van der Waals surface area contributed by atoms with Gasteiger partial charge in [-0.2, -0.15) is 0 Å². The Morgan fingerprint density at radius 1 is 1.04 bits per heavy atom. The highest BCUT2D eigenvalue weighted by atomic mass is 32.2. The van der Waals surface area contributed by atoms with Crippen LogP contribution >= 0.6 is 0 Å². The number of aryl methyl sites for hydroxylation is 3. The van der Waals surface area contributed by atoms with Crippen molar-refractivity contribution in [1.82, 2.24) is 4.72 Å². The van der Waals surface area contributed by atoms with E-state index in [9.17, 15) is 13.2 Å². The lowest BCUT2D eigenvalue weighted by Crippen LogP contribution is -2.37. The van der Waals surface area contributed by atoms with Gasteiger partial charge in [0.05, 0.1) is 4.90 Å². The van der Waals surface area contributed by atoms with Crippen LogP contribution in [0.25, 0.3) is 0 Å². The molecule has 1 N–H and O–H groups in total. The molecular weight excluding hydrogens is 336 g/mol. The number of anilines is 1. The highest BCUT2D eigenvalue weighted by Crippen LogP contribution is 2.25. The Balaban J connectivity index is 1.82. The smallest absolute Gasteiger partial charge is 0.241 e. The number of rotatable bonds is 4. The first-order valence-electron chi connectivity index (χ1n) is 8.23. The summed E-state index contributed by atoms with van der Waals surface area (Å²) in [6.45, 7) is 5.87. The Morgan fingerprint density at radius 3 is 2.24 bits per heavy atom. The lowest BCUT2D eigenvalue weighted by molar-refractivity contribution is -0.117. The minimum absolute atomic E-state index is 0.0729. The molecule has 0 bridgehead atoms. The zero-order valence-electron chi connectivity index (χ0n) is 14.6. The van der Waals surface area contributed by atoms with Gasteiger partial charge in [0, 0.05) is 24.7 Å². The van der Waals surface area contributed by atoms with Gasteiger partial charge in [0.1, 0.15) is 0 Å². The van der Waals surface area contributed by atoms with Crippen LogP contribution in [0.5, 0.6) is 0 Å². The van der Waals surface area contributed by atoms with Crippen LogP contribution in [0.2, 0.25) is 0 Å². The van der Waals surface area contributed by atoms with E-state index in [0.29, 0.717) is 22.6 Å². The third-order valence-corrected chi connectivity index (χ3v) is 6.21. The van der Waals surface area contributed by atoms with Gasteiger partial charge in [0.25, 0.3) is 0 Å². The first kappa shape index (κ1) is 17.6. The zero-order valence-corrected chi connectivity index (χ0v) is 15.4. The Hall–Kier alpha value is -2.18. The Labute approximate surface area is 148 Å². The van der Waals surface area contributed by atoms with Crippen LogP contribution in [-0.4, -0.2) is 26.9 Å². The van der Waals surface area contributed by atoms with Crippen LogP contribution < -0.4 is 9.62 Å². The standard InChI is InChI=1S/C19H22N2O3S/c1-13-9-14(2)19(15(3)10-13)25(23,24)20-16-11-18(22)21(12-16)17-7-5-4-6-8-17/h4-10,16,20H,11-12H2,1-3H3/t16-/m1/s1. The molecule has 5 nitrogen and oxygen atoms in total. The molecule has 1 saturated heterocycles. The number of carbonyl (C=O) groups excluding carboxylic acids is 1. The van der Waals surface area contributed by atoms with Crippen molar-refractivity contribution in [3.63, 3.8) is 0 Å². The molecule has 1 atom stereocenters. The first-order valence-corrected chi connectivity index (χ1v) is 9.72. The topological polar surface area (TPSA) is 66.5 Å². The minimum atomic E-state index is -3.68. The van der Waals surface area contributed by atoms with E-state index in [-0.39, 0.29) is 12.3 Å². The average Bonchev–Trinajstić information content (AvgIpc) is 2.86. The summed E-state index contributed by atoms with van der Waals surface area (Å²) >= 11 is 0. The van der Waals surface area contributed by atoms with Gasteiger partial charge in [0.2, 0.25) is 15.9 Å². The van der Waals surface area contributed by atoms with Crippen molar-refractivity contribution in [2.45, 2.75) is 38.1 Å². The molecule has 0 unspecified atom stereocenters. The number of benzene rings is 2. The van der Waals surface area contributed by atoms with Crippen molar-refractivity contribution >= 4 is 21.6 Å². The second-order valence-electron chi connectivity index (χ2n) is 6.59. The zero-order chi connectivity index (χ0) is 18.2. The van der Waals surface area contributed by atoms with Gasteiger partial charge in [-0.15, -0.1) is 0 Å². The molecule has 2 aromatic rings. The van der Waals surface area contributed by atoms with E-state index in [4.69, 9.17) is 0 Å². The van der Waals surface area contributed by atoms with Crippen molar-refractivity contribution in [1.29, 1.82) is 0 Å². The Morgan fingerprint density at radius 2 is 1.64 bits per heavy atom. The minimum Gasteiger partial charge on any atom is -0.311 e. The number of hydrogen-bond donors (Lipinski definition) is 1. The summed E-state index contributed by atoms with van der Waals surface area (Å²) in [5.41, 5.74) is 3.25. The average molecular weight is 358 g/mol. The van der Waals surface area contributed by atoms with Crippen LogP contribution in [0, 0.1) is 20.8 Å². The lowest BCUT2D eigenvalue weighted by Gasteiger charge is -2.18. The van der Waals surface area contributed by atoms with E-state index >= 15 is 0 Å². The number of nitrogens with zero attached hydrogens (tertiary/aromatic N) is 1. The molecule has 25 heavy (non-hydrogen) atoms. The molecule has 2 aromatic carbocycles. The molecule has 0 saturated carbocycles. The third kappa shape index (κ3) is 3.60. The number of amides is 1. The van der Waals surface area contributed by atoms with Gasteiger partial charge in [-0.25, -0.2) is 13.1 Å². The molecule has 3 rings (SSSR count). The molecular formula is C19H22N2O3S. The van der Waals surface area contributed by atoms with Gasteiger partial charge in [-0.05, 0) is 44.0 Å². The number of para-hydroxylation sites is 1. The summed E-state index contributed by atoms with van der Waals surface area (Å²) in [7, 11) is -3.68. The van der Waals surface area contributed by atoms with Crippen LogP contribution in [0.1, 0.15) is 23.1 Å². The van der Waals surface area contributed by atoms with Crippen LogP contribution in [-0.2, 0) is 14.8 Å². The Kier molecular flexibility index (Phi) is 4.67. The van der Waals surface area contributed by atoms with Gasteiger partial charge >= 0.3 is 0 Å². The van der Waals surface area contributed by atoms with E-state index < -0.39 is 16.1 Å². The molecule has 1 aliphatic heterocycles. The second kappa shape index (κ2) is 6.61. The number of sulfonamides is 1. The Bertz CT molecular complexity index is 885. The fourth-order valence-corrected chi connectivity index (χ4v) is 5.19. The predicted molar refractivity (Wildman–Crippen MR) is 98.2 cm³/mol. The summed E-state index contributed by atoms with van der Waals surface area (Å²) < 4.78 is 28.4. The van der Waals surface area contributed by atoms with Gasteiger partial charge < -0.3 is 4.90 Å². The monoisotopic (exact) mass is 358 g/mol. The summed E-state index contributed by atoms with van der Waals surface area (Å²) in [6, 6.07) is 12.6. The maximum atomic E-state index is 12.9. The maximum Gasteiger partial charge on any atom is 0.241 e. The number of hydrogen-bond acceptors (Lipinski definition) is 3. The van der Waals surface area contributed by atoms with E-state index in [1.54, 1.807) is 18.7 Å². The summed E-state index contributed by atoms with van der Waals surface area (Å²) in [5.74, 6) is -0.0729. The molecule has 1 aliphatic rings.